The van der Waals surface area contributed by atoms with Gasteiger partial charge in [-0.1, -0.05) is 51.7 Å². The summed E-state index contributed by atoms with van der Waals surface area (Å²) in [6.07, 6.45) is 18.5. The number of aromatic nitrogens is 2. The van der Waals surface area contributed by atoms with E-state index in [2.05, 4.69) is 36.0 Å². The Kier molecular flexibility index (Phi) is 13.9. The summed E-state index contributed by atoms with van der Waals surface area (Å²) in [6, 6.07) is 7.89. The SMILES string of the molecule is CCCCCCCC=CCOc1ccc(-c2ncc(OCCCCOCCC)cn2)cc1. The lowest BCUT2D eigenvalue weighted by molar-refractivity contribution is 0.127. The van der Waals surface area contributed by atoms with Crippen LogP contribution in [-0.2, 0) is 4.74 Å². The van der Waals surface area contributed by atoms with Gasteiger partial charge in [-0.2, -0.15) is 0 Å². The Morgan fingerprint density at radius 1 is 0.688 bits per heavy atom. The molecule has 0 saturated heterocycles. The molecule has 0 spiro atoms. The fourth-order valence-electron chi connectivity index (χ4n) is 3.18. The fourth-order valence-corrected chi connectivity index (χ4v) is 3.18. The predicted molar refractivity (Wildman–Crippen MR) is 131 cm³/mol. The van der Waals surface area contributed by atoms with Gasteiger partial charge >= 0.3 is 0 Å². The van der Waals surface area contributed by atoms with Gasteiger partial charge in [0.1, 0.15) is 12.4 Å². The molecule has 32 heavy (non-hydrogen) atoms. The minimum Gasteiger partial charge on any atom is -0.490 e. The van der Waals surface area contributed by atoms with Gasteiger partial charge in [0.15, 0.2) is 11.6 Å². The molecule has 0 radical (unpaired) electrons. The fraction of sp³-hybridized carbons (Fsp3) is 0.556. The molecule has 0 aliphatic heterocycles. The van der Waals surface area contributed by atoms with Crippen molar-refractivity contribution < 1.29 is 14.2 Å². The lowest BCUT2D eigenvalue weighted by Gasteiger charge is -2.07. The summed E-state index contributed by atoms with van der Waals surface area (Å²) in [5.41, 5.74) is 0.958. The summed E-state index contributed by atoms with van der Waals surface area (Å²) in [5, 5.41) is 0. The molecule has 0 bridgehead atoms. The molecule has 0 unspecified atom stereocenters. The van der Waals surface area contributed by atoms with Gasteiger partial charge in [-0.15, -0.1) is 0 Å². The van der Waals surface area contributed by atoms with Crippen molar-refractivity contribution in [2.24, 2.45) is 0 Å². The topological polar surface area (TPSA) is 53.5 Å². The van der Waals surface area contributed by atoms with Crippen LogP contribution in [-0.4, -0.2) is 36.4 Å². The van der Waals surface area contributed by atoms with E-state index in [1.54, 1.807) is 12.4 Å². The second kappa shape index (κ2) is 17.2. The first kappa shape index (κ1) is 25.9. The molecule has 5 nitrogen and oxygen atoms in total. The van der Waals surface area contributed by atoms with Crippen LogP contribution in [0.25, 0.3) is 11.4 Å². The van der Waals surface area contributed by atoms with Crippen molar-refractivity contribution in [2.45, 2.75) is 71.6 Å². The Balaban J connectivity index is 1.64. The first-order valence-electron chi connectivity index (χ1n) is 12.2. The summed E-state index contributed by atoms with van der Waals surface area (Å²) in [7, 11) is 0. The molecule has 0 atom stereocenters. The molecule has 1 aromatic heterocycles. The molecule has 0 saturated carbocycles. The molecule has 1 aromatic carbocycles. The van der Waals surface area contributed by atoms with Gasteiger partial charge in [0.2, 0.25) is 0 Å². The Labute approximate surface area is 194 Å². The van der Waals surface area contributed by atoms with Crippen molar-refractivity contribution in [1.29, 1.82) is 0 Å². The van der Waals surface area contributed by atoms with Crippen LogP contribution >= 0.6 is 0 Å². The van der Waals surface area contributed by atoms with Crippen LogP contribution in [0.1, 0.15) is 71.6 Å². The number of benzene rings is 1. The first-order valence-corrected chi connectivity index (χ1v) is 12.2. The average molecular weight is 441 g/mol. The molecule has 2 rings (SSSR count). The summed E-state index contributed by atoms with van der Waals surface area (Å²) in [6.45, 7) is 7.24. The molecule has 0 N–H and O–H groups in total. The number of allylic oxidation sites excluding steroid dienone is 1. The molecule has 1 heterocycles. The quantitative estimate of drug-likeness (QED) is 0.184. The second-order valence-electron chi connectivity index (χ2n) is 7.92. The molecule has 0 aliphatic rings. The van der Waals surface area contributed by atoms with E-state index in [0.29, 0.717) is 24.8 Å². The van der Waals surface area contributed by atoms with Crippen LogP contribution in [0, 0.1) is 0 Å². The number of hydrogen-bond acceptors (Lipinski definition) is 5. The van der Waals surface area contributed by atoms with Gasteiger partial charge < -0.3 is 14.2 Å². The summed E-state index contributed by atoms with van der Waals surface area (Å²) in [4.78, 5) is 8.86. The van der Waals surface area contributed by atoms with E-state index in [-0.39, 0.29) is 0 Å². The Bertz CT molecular complexity index is 730. The molecule has 0 amide bonds. The number of hydrogen-bond donors (Lipinski definition) is 0. The molecular formula is C27H40N2O3. The molecule has 2 aromatic rings. The first-order chi connectivity index (χ1) is 15.8. The lowest BCUT2D eigenvalue weighted by atomic mass is 10.1. The highest BCUT2D eigenvalue weighted by Gasteiger charge is 2.03. The van der Waals surface area contributed by atoms with Crippen LogP contribution < -0.4 is 9.47 Å². The Hall–Kier alpha value is -2.40. The van der Waals surface area contributed by atoms with Gasteiger partial charge in [0.25, 0.3) is 0 Å². The zero-order chi connectivity index (χ0) is 22.7. The maximum Gasteiger partial charge on any atom is 0.159 e. The lowest BCUT2D eigenvalue weighted by Crippen LogP contribution is -2.02. The van der Waals surface area contributed by atoms with E-state index < -0.39 is 0 Å². The van der Waals surface area contributed by atoms with E-state index in [0.717, 1.165) is 50.2 Å². The van der Waals surface area contributed by atoms with Gasteiger partial charge in [-0.25, -0.2) is 9.97 Å². The van der Waals surface area contributed by atoms with Crippen molar-refractivity contribution in [1.82, 2.24) is 9.97 Å². The second-order valence-corrected chi connectivity index (χ2v) is 7.92. The Morgan fingerprint density at radius 3 is 2.19 bits per heavy atom. The molecular weight excluding hydrogens is 400 g/mol. The normalized spacial score (nSPS) is 11.2. The van der Waals surface area contributed by atoms with Crippen molar-refractivity contribution in [3.05, 3.63) is 48.8 Å². The minimum atomic E-state index is 0.599. The van der Waals surface area contributed by atoms with E-state index in [9.17, 15) is 0 Å². The Morgan fingerprint density at radius 2 is 1.44 bits per heavy atom. The standard InChI is InChI=1S/C27H40N2O3/c1-3-5-6-7-8-9-10-11-20-31-25-16-14-24(15-17-25)27-28-22-26(23-29-27)32-21-13-12-19-30-18-4-2/h10-11,14-17,22-23H,3-9,12-13,18-21H2,1-2H3. The minimum absolute atomic E-state index is 0.599. The molecule has 0 fully saturated rings. The zero-order valence-electron chi connectivity index (χ0n) is 19.9. The van der Waals surface area contributed by atoms with Crippen molar-refractivity contribution >= 4 is 0 Å². The van der Waals surface area contributed by atoms with Crippen LogP contribution in [0.4, 0.5) is 0 Å². The van der Waals surface area contributed by atoms with E-state index in [1.165, 1.54) is 32.1 Å². The van der Waals surface area contributed by atoms with E-state index >= 15 is 0 Å². The largest absolute Gasteiger partial charge is 0.490 e. The average Bonchev–Trinajstić information content (AvgIpc) is 2.83. The van der Waals surface area contributed by atoms with Gasteiger partial charge in [-0.05, 0) is 56.4 Å². The van der Waals surface area contributed by atoms with Crippen LogP contribution in [0.15, 0.2) is 48.8 Å². The highest BCUT2D eigenvalue weighted by Crippen LogP contribution is 2.20. The van der Waals surface area contributed by atoms with E-state index in [4.69, 9.17) is 14.2 Å². The van der Waals surface area contributed by atoms with Crippen molar-refractivity contribution in [3.63, 3.8) is 0 Å². The number of rotatable bonds is 18. The third-order valence-corrected chi connectivity index (χ3v) is 5.03. The predicted octanol–water partition coefficient (Wildman–Crippen LogP) is 7.02. The van der Waals surface area contributed by atoms with Gasteiger partial charge in [0.05, 0.1) is 19.0 Å². The highest BCUT2D eigenvalue weighted by molar-refractivity contribution is 5.56. The van der Waals surface area contributed by atoms with Gasteiger partial charge in [0, 0.05) is 18.8 Å². The highest BCUT2D eigenvalue weighted by atomic mass is 16.5. The maximum absolute atomic E-state index is 5.79. The third kappa shape index (κ3) is 11.3. The van der Waals surface area contributed by atoms with Crippen LogP contribution in [0.3, 0.4) is 0 Å². The number of unbranched alkanes of at least 4 members (excludes halogenated alkanes) is 6. The number of ether oxygens (including phenoxy) is 3. The maximum atomic E-state index is 5.79. The van der Waals surface area contributed by atoms with Crippen molar-refractivity contribution in [3.8, 4) is 22.9 Å². The molecule has 176 valence electrons. The van der Waals surface area contributed by atoms with E-state index in [1.807, 2.05) is 24.3 Å². The van der Waals surface area contributed by atoms with Crippen molar-refractivity contribution in [2.75, 3.05) is 26.4 Å². The summed E-state index contributed by atoms with van der Waals surface area (Å²) < 4.78 is 17.0. The van der Waals surface area contributed by atoms with Gasteiger partial charge in [-0.3, -0.25) is 0 Å². The smallest absolute Gasteiger partial charge is 0.159 e. The van der Waals surface area contributed by atoms with Crippen LogP contribution in [0.5, 0.6) is 11.5 Å². The zero-order valence-corrected chi connectivity index (χ0v) is 19.9. The third-order valence-electron chi connectivity index (χ3n) is 5.03. The number of nitrogens with zero attached hydrogens (tertiary/aromatic N) is 2. The molecule has 5 heteroatoms. The van der Waals surface area contributed by atoms with Crippen LogP contribution in [0.2, 0.25) is 0 Å². The summed E-state index contributed by atoms with van der Waals surface area (Å²) >= 11 is 0. The monoisotopic (exact) mass is 440 g/mol. The molecule has 0 aliphatic carbocycles. The summed E-state index contributed by atoms with van der Waals surface area (Å²) in [5.74, 6) is 2.23.